The highest BCUT2D eigenvalue weighted by molar-refractivity contribution is 6.14. The Hall–Kier alpha value is -3.81. The zero-order chi connectivity index (χ0) is 24.1. The standard InChI is InChI=1S/C26H25N3O5/c1-3-4-12-27-25(31)21-20-13-15(2)18-10-5-6-11-19(18)28(20)23(22(21)26(27)32)24(30)16-8-7-9-17(14-16)29(33)34/h5-11,13-14,20-23H,3-4,12H2,1-2H3/t20-,21-,22+,23-/m1/s1. The van der Waals surface area contributed by atoms with E-state index >= 15 is 0 Å². The lowest BCUT2D eigenvalue weighted by Crippen LogP contribution is -2.49. The number of amides is 2. The van der Waals surface area contributed by atoms with Crippen LogP contribution in [0.15, 0.2) is 54.6 Å². The molecule has 0 aliphatic carbocycles. The van der Waals surface area contributed by atoms with Gasteiger partial charge in [0.2, 0.25) is 11.8 Å². The third-order valence-electron chi connectivity index (χ3n) is 7.19. The van der Waals surface area contributed by atoms with Gasteiger partial charge in [0.05, 0.1) is 22.8 Å². The SMILES string of the molecule is CCCCN1C(=O)[C@H]2[C@H](C1=O)[C@H](C(=O)c1cccc([N+](=O)[O-])c1)N1c3ccccc3C(C)=C[C@H]21. The van der Waals surface area contributed by atoms with Gasteiger partial charge in [-0.15, -0.1) is 0 Å². The van der Waals surface area contributed by atoms with E-state index in [-0.39, 0.29) is 28.8 Å². The number of carbonyl (C=O) groups is 3. The number of rotatable bonds is 6. The van der Waals surface area contributed by atoms with E-state index in [1.165, 1.54) is 29.2 Å². The first-order valence-corrected chi connectivity index (χ1v) is 11.5. The van der Waals surface area contributed by atoms with E-state index in [2.05, 4.69) is 0 Å². The molecule has 5 rings (SSSR count). The number of para-hydroxylation sites is 1. The molecule has 2 fully saturated rings. The first-order chi connectivity index (χ1) is 16.3. The third-order valence-corrected chi connectivity index (χ3v) is 7.19. The van der Waals surface area contributed by atoms with Crippen molar-refractivity contribution in [3.05, 3.63) is 75.8 Å². The van der Waals surface area contributed by atoms with Crippen LogP contribution in [-0.4, -0.2) is 46.0 Å². The number of hydrogen-bond acceptors (Lipinski definition) is 6. The van der Waals surface area contributed by atoms with E-state index in [1.54, 1.807) is 0 Å². The Morgan fingerprint density at radius 2 is 1.79 bits per heavy atom. The number of nitro benzene ring substituents is 1. The van der Waals surface area contributed by atoms with Crippen LogP contribution in [0.1, 0.15) is 42.6 Å². The zero-order valence-corrected chi connectivity index (χ0v) is 19.0. The average molecular weight is 460 g/mol. The van der Waals surface area contributed by atoms with Crippen LogP contribution in [0.4, 0.5) is 11.4 Å². The summed E-state index contributed by atoms with van der Waals surface area (Å²) in [6, 6.07) is 11.9. The summed E-state index contributed by atoms with van der Waals surface area (Å²) in [7, 11) is 0. The average Bonchev–Trinajstić information content (AvgIpc) is 3.30. The lowest BCUT2D eigenvalue weighted by molar-refractivity contribution is -0.384. The number of ketones is 1. The second kappa shape index (κ2) is 8.20. The van der Waals surface area contributed by atoms with Crippen molar-refractivity contribution in [3.8, 4) is 0 Å². The van der Waals surface area contributed by atoms with Crippen LogP contribution < -0.4 is 4.90 Å². The van der Waals surface area contributed by atoms with E-state index in [4.69, 9.17) is 0 Å². The molecular weight excluding hydrogens is 434 g/mol. The molecule has 0 aromatic heterocycles. The van der Waals surface area contributed by atoms with E-state index in [0.29, 0.717) is 13.0 Å². The molecular formula is C26H25N3O5. The van der Waals surface area contributed by atoms with Gasteiger partial charge in [-0.3, -0.25) is 29.4 Å². The molecule has 2 amide bonds. The maximum atomic E-state index is 13.9. The van der Waals surface area contributed by atoms with Crippen molar-refractivity contribution in [2.24, 2.45) is 11.8 Å². The Kier molecular flexibility index (Phi) is 5.31. The molecule has 4 atom stereocenters. The van der Waals surface area contributed by atoms with Crippen molar-refractivity contribution in [2.75, 3.05) is 11.4 Å². The maximum Gasteiger partial charge on any atom is 0.270 e. The van der Waals surface area contributed by atoms with Crippen LogP contribution in [0, 0.1) is 22.0 Å². The highest BCUT2D eigenvalue weighted by atomic mass is 16.6. The molecule has 0 saturated carbocycles. The van der Waals surface area contributed by atoms with Gasteiger partial charge in [-0.1, -0.05) is 49.8 Å². The lowest BCUT2D eigenvalue weighted by Gasteiger charge is -2.38. The van der Waals surface area contributed by atoms with Gasteiger partial charge >= 0.3 is 0 Å². The molecule has 0 unspecified atom stereocenters. The first-order valence-electron chi connectivity index (χ1n) is 11.5. The molecule has 0 N–H and O–H groups in total. The second-order valence-corrected chi connectivity index (χ2v) is 9.11. The Morgan fingerprint density at radius 1 is 1.06 bits per heavy atom. The van der Waals surface area contributed by atoms with Crippen LogP contribution in [0.2, 0.25) is 0 Å². The number of unbranched alkanes of at least 4 members (excludes halogenated alkanes) is 1. The van der Waals surface area contributed by atoms with Gasteiger partial charge in [0.1, 0.15) is 6.04 Å². The van der Waals surface area contributed by atoms with Crippen molar-refractivity contribution in [3.63, 3.8) is 0 Å². The Bertz CT molecular complexity index is 1250. The van der Waals surface area contributed by atoms with E-state index in [0.717, 1.165) is 23.2 Å². The summed E-state index contributed by atoms with van der Waals surface area (Å²) in [5.74, 6) is -2.46. The van der Waals surface area contributed by atoms with Gasteiger partial charge < -0.3 is 4.90 Å². The number of Topliss-reactive ketones (excluding diaryl/α,β-unsaturated/α-hetero) is 1. The van der Waals surface area contributed by atoms with Crippen LogP contribution in [0.3, 0.4) is 0 Å². The van der Waals surface area contributed by atoms with Crippen molar-refractivity contribution in [1.29, 1.82) is 0 Å². The molecule has 3 heterocycles. The molecule has 8 nitrogen and oxygen atoms in total. The minimum Gasteiger partial charge on any atom is -0.352 e. The van der Waals surface area contributed by atoms with Crippen molar-refractivity contribution < 1.29 is 19.3 Å². The summed E-state index contributed by atoms with van der Waals surface area (Å²) in [6.07, 6.45) is 3.52. The van der Waals surface area contributed by atoms with Crippen molar-refractivity contribution in [1.82, 2.24) is 4.90 Å². The van der Waals surface area contributed by atoms with Gasteiger partial charge in [-0.25, -0.2) is 0 Å². The molecule has 174 valence electrons. The predicted molar refractivity (Wildman–Crippen MR) is 126 cm³/mol. The normalized spacial score (nSPS) is 25.1. The fourth-order valence-electron chi connectivity index (χ4n) is 5.64. The van der Waals surface area contributed by atoms with Crippen LogP contribution in [0.5, 0.6) is 0 Å². The predicted octanol–water partition coefficient (Wildman–Crippen LogP) is 3.85. The first kappa shape index (κ1) is 22.0. The van der Waals surface area contributed by atoms with Crippen LogP contribution >= 0.6 is 0 Å². The van der Waals surface area contributed by atoms with Crippen LogP contribution in [0.25, 0.3) is 5.57 Å². The number of fused-ring (bicyclic) bond motifs is 5. The number of nitrogens with zero attached hydrogens (tertiary/aromatic N) is 3. The second-order valence-electron chi connectivity index (χ2n) is 9.11. The number of anilines is 1. The summed E-state index contributed by atoms with van der Waals surface area (Å²) in [4.78, 5) is 54.9. The lowest BCUT2D eigenvalue weighted by atomic mass is 9.85. The Morgan fingerprint density at radius 3 is 2.53 bits per heavy atom. The smallest absolute Gasteiger partial charge is 0.270 e. The molecule has 8 heteroatoms. The number of imide groups is 1. The van der Waals surface area contributed by atoms with Gasteiger partial charge in [-0.05, 0) is 25.0 Å². The molecule has 0 spiro atoms. The molecule has 0 bridgehead atoms. The summed E-state index contributed by atoms with van der Waals surface area (Å²) in [5, 5.41) is 11.3. The number of non-ortho nitro benzene ring substituents is 1. The molecule has 0 radical (unpaired) electrons. The number of hydrogen-bond donors (Lipinski definition) is 0. The number of likely N-dealkylation sites (tertiary alicyclic amines) is 1. The number of allylic oxidation sites excluding steroid dienone is 1. The highest BCUT2D eigenvalue weighted by Crippen LogP contribution is 2.50. The fraction of sp³-hybridized carbons (Fsp3) is 0.346. The molecule has 2 aromatic rings. The minimum atomic E-state index is -0.925. The van der Waals surface area contributed by atoms with Crippen molar-refractivity contribution >= 4 is 34.5 Å². The summed E-state index contributed by atoms with van der Waals surface area (Å²) >= 11 is 0. The Balaban J connectivity index is 1.65. The molecule has 3 aliphatic heterocycles. The molecule has 3 aliphatic rings. The van der Waals surface area contributed by atoms with Crippen LogP contribution in [-0.2, 0) is 9.59 Å². The van der Waals surface area contributed by atoms with Gasteiger partial charge in [0.25, 0.3) is 5.69 Å². The highest BCUT2D eigenvalue weighted by Gasteiger charge is 2.64. The largest absolute Gasteiger partial charge is 0.352 e. The Labute approximate surface area is 197 Å². The van der Waals surface area contributed by atoms with Crippen molar-refractivity contribution in [2.45, 2.75) is 38.8 Å². The zero-order valence-electron chi connectivity index (χ0n) is 19.0. The molecule has 2 aromatic carbocycles. The number of benzene rings is 2. The van der Waals surface area contributed by atoms with E-state index in [9.17, 15) is 24.5 Å². The third kappa shape index (κ3) is 3.16. The fourth-order valence-corrected chi connectivity index (χ4v) is 5.64. The van der Waals surface area contributed by atoms with E-state index < -0.39 is 28.8 Å². The monoisotopic (exact) mass is 459 g/mol. The van der Waals surface area contributed by atoms with Gasteiger partial charge in [-0.2, -0.15) is 0 Å². The molecule has 2 saturated heterocycles. The van der Waals surface area contributed by atoms with Gasteiger partial charge in [0, 0.05) is 35.5 Å². The van der Waals surface area contributed by atoms with E-state index in [1.807, 2.05) is 49.1 Å². The quantitative estimate of drug-likeness (QED) is 0.281. The summed E-state index contributed by atoms with van der Waals surface area (Å²) < 4.78 is 0. The molecule has 34 heavy (non-hydrogen) atoms. The summed E-state index contributed by atoms with van der Waals surface area (Å²) in [5.41, 5.74) is 2.70. The minimum absolute atomic E-state index is 0.162. The number of carbonyl (C=O) groups excluding carboxylic acids is 3. The topological polar surface area (TPSA) is 101 Å². The summed E-state index contributed by atoms with van der Waals surface area (Å²) in [6.45, 7) is 4.30. The maximum absolute atomic E-state index is 13.9. The van der Waals surface area contributed by atoms with Gasteiger partial charge in [0.15, 0.2) is 5.78 Å². The number of nitro groups is 1.